The van der Waals surface area contributed by atoms with E-state index in [1.165, 1.54) is 6.20 Å². The zero-order chi connectivity index (χ0) is 16.9. The van der Waals surface area contributed by atoms with Crippen molar-refractivity contribution in [3.8, 4) is 0 Å². The number of aromatic amines is 1. The maximum atomic E-state index is 12.7. The zero-order valence-corrected chi connectivity index (χ0v) is 13.4. The van der Waals surface area contributed by atoms with Crippen LogP contribution in [0.5, 0.6) is 0 Å². The number of carbonyl (C=O) groups is 1. The summed E-state index contributed by atoms with van der Waals surface area (Å²) in [5.41, 5.74) is 1.41. The summed E-state index contributed by atoms with van der Waals surface area (Å²) in [5, 5.41) is 1.20. The van der Waals surface area contributed by atoms with E-state index in [4.69, 9.17) is 0 Å². The van der Waals surface area contributed by atoms with Gasteiger partial charge in [0, 0.05) is 30.6 Å². The van der Waals surface area contributed by atoms with Crippen molar-refractivity contribution in [1.29, 1.82) is 0 Å². The van der Waals surface area contributed by atoms with Crippen molar-refractivity contribution in [2.24, 2.45) is 0 Å². The molecular formula is C20H18N2O2. The third kappa shape index (κ3) is 3.27. The van der Waals surface area contributed by atoms with Crippen molar-refractivity contribution < 1.29 is 4.79 Å². The molecule has 0 aliphatic heterocycles. The van der Waals surface area contributed by atoms with Crippen LogP contribution >= 0.6 is 0 Å². The van der Waals surface area contributed by atoms with Crippen molar-refractivity contribution in [2.45, 2.75) is 0 Å². The van der Waals surface area contributed by atoms with Crippen molar-refractivity contribution in [2.75, 3.05) is 13.6 Å². The Balaban J connectivity index is 1.80. The lowest BCUT2D eigenvalue weighted by atomic mass is 10.1. The van der Waals surface area contributed by atoms with E-state index in [0.29, 0.717) is 22.9 Å². The first kappa shape index (κ1) is 15.7. The summed E-state index contributed by atoms with van der Waals surface area (Å²) in [7, 11) is 1.75. The SMILES string of the molecule is CN(C/C=C/c1ccccc1)C(=O)c1c[nH]c(=O)c2ccccc12. The largest absolute Gasteiger partial charge is 0.338 e. The highest BCUT2D eigenvalue weighted by Gasteiger charge is 2.15. The molecule has 0 atom stereocenters. The number of nitrogens with zero attached hydrogens (tertiary/aromatic N) is 1. The molecule has 0 fully saturated rings. The molecule has 0 saturated heterocycles. The van der Waals surface area contributed by atoms with Gasteiger partial charge in [0.2, 0.25) is 0 Å². The quantitative estimate of drug-likeness (QED) is 0.802. The molecule has 24 heavy (non-hydrogen) atoms. The van der Waals surface area contributed by atoms with Crippen LogP contribution in [-0.4, -0.2) is 29.4 Å². The first-order valence-corrected chi connectivity index (χ1v) is 7.74. The van der Waals surface area contributed by atoms with Gasteiger partial charge in [-0.3, -0.25) is 9.59 Å². The fourth-order valence-corrected chi connectivity index (χ4v) is 2.59. The van der Waals surface area contributed by atoms with Gasteiger partial charge in [0.05, 0.1) is 5.56 Å². The van der Waals surface area contributed by atoms with Crippen LogP contribution in [0.25, 0.3) is 16.8 Å². The molecule has 4 heteroatoms. The van der Waals surface area contributed by atoms with Crippen molar-refractivity contribution >= 4 is 22.8 Å². The minimum absolute atomic E-state index is 0.125. The number of likely N-dealkylation sites (N-methyl/N-ethyl adjacent to an activating group) is 1. The van der Waals surface area contributed by atoms with E-state index in [1.54, 1.807) is 30.1 Å². The summed E-state index contributed by atoms with van der Waals surface area (Å²) >= 11 is 0. The average molecular weight is 318 g/mol. The molecule has 2 aromatic carbocycles. The van der Waals surface area contributed by atoms with Crippen molar-refractivity contribution in [1.82, 2.24) is 9.88 Å². The smallest absolute Gasteiger partial charge is 0.255 e. The second kappa shape index (κ2) is 6.96. The molecule has 1 heterocycles. The molecular weight excluding hydrogens is 300 g/mol. The molecule has 1 N–H and O–H groups in total. The van der Waals surface area contributed by atoms with Gasteiger partial charge in [-0.2, -0.15) is 0 Å². The monoisotopic (exact) mass is 318 g/mol. The average Bonchev–Trinajstić information content (AvgIpc) is 2.62. The predicted octanol–water partition coefficient (Wildman–Crippen LogP) is 3.31. The highest BCUT2D eigenvalue weighted by Crippen LogP contribution is 2.15. The Morgan fingerprint density at radius 2 is 1.71 bits per heavy atom. The van der Waals surface area contributed by atoms with Crippen LogP contribution in [0.2, 0.25) is 0 Å². The second-order valence-corrected chi connectivity index (χ2v) is 5.58. The second-order valence-electron chi connectivity index (χ2n) is 5.58. The number of nitrogens with one attached hydrogen (secondary N) is 1. The van der Waals surface area contributed by atoms with E-state index in [2.05, 4.69) is 4.98 Å². The standard InChI is InChI=1S/C20H18N2O2/c1-22(13-7-10-15-8-3-2-4-9-15)20(24)18-14-21-19(23)17-12-6-5-11-16(17)18/h2-12,14H,13H2,1H3,(H,21,23)/b10-7+. The third-order valence-electron chi connectivity index (χ3n) is 3.88. The number of hydrogen-bond acceptors (Lipinski definition) is 2. The van der Waals surface area contributed by atoms with Gasteiger partial charge >= 0.3 is 0 Å². The Kier molecular flexibility index (Phi) is 4.57. The summed E-state index contributed by atoms with van der Waals surface area (Å²) in [6.45, 7) is 0.487. The summed E-state index contributed by atoms with van der Waals surface area (Å²) in [6, 6.07) is 17.1. The fraction of sp³-hybridized carbons (Fsp3) is 0.100. The summed E-state index contributed by atoms with van der Waals surface area (Å²) < 4.78 is 0. The topological polar surface area (TPSA) is 53.2 Å². The van der Waals surface area contributed by atoms with E-state index >= 15 is 0 Å². The molecule has 1 amide bonds. The number of pyridine rings is 1. The molecule has 0 aliphatic rings. The number of rotatable bonds is 4. The molecule has 3 aromatic rings. The van der Waals surface area contributed by atoms with Gasteiger partial charge in [-0.25, -0.2) is 0 Å². The van der Waals surface area contributed by atoms with Gasteiger partial charge in [-0.05, 0) is 11.6 Å². The van der Waals surface area contributed by atoms with Crippen LogP contribution in [0.4, 0.5) is 0 Å². The van der Waals surface area contributed by atoms with Gasteiger partial charge in [0.1, 0.15) is 0 Å². The van der Waals surface area contributed by atoms with Crippen molar-refractivity contribution in [3.63, 3.8) is 0 Å². The zero-order valence-electron chi connectivity index (χ0n) is 13.4. The number of hydrogen-bond donors (Lipinski definition) is 1. The summed E-state index contributed by atoms with van der Waals surface area (Å²) in [4.78, 5) is 28.8. The first-order chi connectivity index (χ1) is 11.7. The van der Waals surface area contributed by atoms with Crippen LogP contribution in [-0.2, 0) is 0 Å². The summed E-state index contributed by atoms with van der Waals surface area (Å²) in [6.07, 6.45) is 5.42. The van der Waals surface area contributed by atoms with E-state index in [0.717, 1.165) is 5.56 Å². The molecule has 3 rings (SSSR count). The van der Waals surface area contributed by atoms with E-state index < -0.39 is 0 Å². The van der Waals surface area contributed by atoms with Crippen LogP contribution in [0, 0.1) is 0 Å². The molecule has 0 saturated carbocycles. The molecule has 0 unspecified atom stereocenters. The molecule has 0 bridgehead atoms. The van der Waals surface area contributed by atoms with Crippen molar-refractivity contribution in [3.05, 3.63) is 88.4 Å². The molecule has 120 valence electrons. The minimum Gasteiger partial charge on any atom is -0.338 e. The number of benzene rings is 2. The molecule has 4 nitrogen and oxygen atoms in total. The van der Waals surface area contributed by atoms with E-state index in [9.17, 15) is 9.59 Å². The lowest BCUT2D eigenvalue weighted by Crippen LogP contribution is -2.27. The maximum Gasteiger partial charge on any atom is 0.255 e. The van der Waals surface area contributed by atoms with Crippen LogP contribution in [0.1, 0.15) is 15.9 Å². The molecule has 0 aliphatic carbocycles. The number of carbonyl (C=O) groups excluding carboxylic acids is 1. The lowest BCUT2D eigenvalue weighted by Gasteiger charge is -2.16. The number of aromatic nitrogens is 1. The maximum absolute atomic E-state index is 12.7. The van der Waals surface area contributed by atoms with Gasteiger partial charge in [0.25, 0.3) is 11.5 Å². The van der Waals surface area contributed by atoms with E-state index in [1.807, 2.05) is 48.6 Å². The van der Waals surface area contributed by atoms with Gasteiger partial charge < -0.3 is 9.88 Å². The number of fused-ring (bicyclic) bond motifs is 1. The van der Waals surface area contributed by atoms with Crippen LogP contribution in [0.3, 0.4) is 0 Å². The molecule has 0 radical (unpaired) electrons. The Bertz CT molecular complexity index is 943. The Morgan fingerprint density at radius 1 is 1.04 bits per heavy atom. The lowest BCUT2D eigenvalue weighted by molar-refractivity contribution is 0.0812. The summed E-state index contributed by atoms with van der Waals surface area (Å²) in [5.74, 6) is -0.125. The normalized spacial score (nSPS) is 11.0. The highest BCUT2D eigenvalue weighted by molar-refractivity contribution is 6.06. The van der Waals surface area contributed by atoms with Gasteiger partial charge in [0.15, 0.2) is 0 Å². The first-order valence-electron chi connectivity index (χ1n) is 7.74. The van der Waals surface area contributed by atoms with E-state index in [-0.39, 0.29) is 11.5 Å². The van der Waals surface area contributed by atoms with Gasteiger partial charge in [-0.1, -0.05) is 60.7 Å². The van der Waals surface area contributed by atoms with Gasteiger partial charge in [-0.15, -0.1) is 0 Å². The predicted molar refractivity (Wildman–Crippen MR) is 97.0 cm³/mol. The van der Waals surface area contributed by atoms with Crippen LogP contribution < -0.4 is 5.56 Å². The Hall–Kier alpha value is -3.14. The number of amides is 1. The Labute approximate surface area is 140 Å². The molecule has 0 spiro atoms. The Morgan fingerprint density at radius 3 is 2.46 bits per heavy atom. The fourth-order valence-electron chi connectivity index (χ4n) is 2.59. The number of H-pyrrole nitrogens is 1. The highest BCUT2D eigenvalue weighted by atomic mass is 16.2. The third-order valence-corrected chi connectivity index (χ3v) is 3.88. The minimum atomic E-state index is -0.186. The molecule has 1 aromatic heterocycles. The van der Waals surface area contributed by atoms with Crippen LogP contribution in [0.15, 0.2) is 71.7 Å².